The number of hydrogen-bond donors (Lipinski definition) is 0. The van der Waals surface area contributed by atoms with Crippen molar-refractivity contribution < 1.29 is 18.1 Å². The maximum Gasteiger partial charge on any atom is 0.242 e. The van der Waals surface area contributed by atoms with Crippen molar-refractivity contribution in [3.05, 3.63) is 35.6 Å². The van der Waals surface area contributed by atoms with Gasteiger partial charge in [0.25, 0.3) is 0 Å². The highest BCUT2D eigenvalue weighted by atomic mass is 32.2. The maximum atomic E-state index is 12.9. The van der Waals surface area contributed by atoms with E-state index in [1.807, 2.05) is 0 Å². The molecule has 2 atom stereocenters. The molecule has 1 aromatic carbocycles. The van der Waals surface area contributed by atoms with E-state index in [4.69, 9.17) is 4.74 Å². The number of carbonyl (C=O) groups excluding carboxylic acids is 1. The summed E-state index contributed by atoms with van der Waals surface area (Å²) in [6.45, 7) is 1.42. The second kappa shape index (κ2) is 6.25. The van der Waals surface area contributed by atoms with Crippen LogP contribution in [0.5, 0.6) is 0 Å². The van der Waals surface area contributed by atoms with E-state index in [-0.39, 0.29) is 11.7 Å². The maximum absolute atomic E-state index is 12.9. The third-order valence-corrected chi connectivity index (χ3v) is 4.68. The van der Waals surface area contributed by atoms with Gasteiger partial charge in [-0.3, -0.25) is 9.00 Å². The molecule has 0 radical (unpaired) electrons. The third-order valence-electron chi connectivity index (χ3n) is 3.10. The molecule has 0 bridgehead atoms. The van der Waals surface area contributed by atoms with Gasteiger partial charge in [-0.05, 0) is 17.7 Å². The molecule has 1 heterocycles. The molecule has 1 fully saturated rings. The molecule has 0 N–H and O–H groups in total. The second-order valence-corrected chi connectivity index (χ2v) is 5.98. The zero-order chi connectivity index (χ0) is 13.8. The van der Waals surface area contributed by atoms with Gasteiger partial charge in [-0.2, -0.15) is 0 Å². The van der Waals surface area contributed by atoms with E-state index in [0.717, 1.165) is 0 Å². The van der Waals surface area contributed by atoms with Crippen molar-refractivity contribution in [2.45, 2.75) is 5.25 Å². The van der Waals surface area contributed by atoms with Crippen LogP contribution in [0.3, 0.4) is 0 Å². The molecule has 1 amide bonds. The second-order valence-electron chi connectivity index (χ2n) is 4.33. The van der Waals surface area contributed by atoms with Crippen LogP contribution >= 0.6 is 0 Å². The summed E-state index contributed by atoms with van der Waals surface area (Å²) < 4.78 is 29.9. The Kier molecular flexibility index (Phi) is 4.66. The molecule has 1 aromatic rings. The molecule has 19 heavy (non-hydrogen) atoms. The Morgan fingerprint density at radius 2 is 2.11 bits per heavy atom. The van der Waals surface area contributed by atoms with Gasteiger partial charge in [-0.1, -0.05) is 12.1 Å². The Bertz CT molecular complexity index is 477. The summed E-state index contributed by atoms with van der Waals surface area (Å²) in [5.41, 5.74) is 0.604. The van der Waals surface area contributed by atoms with Crippen LogP contribution in [-0.2, 0) is 20.3 Å². The van der Waals surface area contributed by atoms with Gasteiger partial charge in [-0.25, -0.2) is 4.39 Å². The average Bonchev–Trinajstić information content (AvgIpc) is 2.40. The van der Waals surface area contributed by atoms with Crippen LogP contribution in [-0.4, -0.2) is 47.6 Å². The molecule has 0 spiro atoms. The molecule has 4 nitrogen and oxygen atoms in total. The lowest BCUT2D eigenvalue weighted by atomic mass is 10.1. The Hall–Kier alpha value is -1.27. The van der Waals surface area contributed by atoms with Crippen LogP contribution in [0.4, 0.5) is 4.39 Å². The van der Waals surface area contributed by atoms with Crippen molar-refractivity contribution in [2.75, 3.05) is 32.6 Å². The van der Waals surface area contributed by atoms with Gasteiger partial charge < -0.3 is 9.64 Å². The van der Waals surface area contributed by atoms with E-state index in [2.05, 4.69) is 0 Å². The predicted octanol–water partition coefficient (Wildman–Crippen LogP) is 1.10. The fraction of sp³-hybridized carbons (Fsp3) is 0.462. The summed E-state index contributed by atoms with van der Waals surface area (Å²) in [5, 5.41) is -0.689. The molecule has 1 aliphatic rings. The van der Waals surface area contributed by atoms with E-state index in [1.165, 1.54) is 24.3 Å². The van der Waals surface area contributed by atoms with Gasteiger partial charge in [0.15, 0.2) is 0 Å². The molecule has 2 unspecified atom stereocenters. The molecule has 0 aromatic heterocycles. The minimum atomic E-state index is -1.25. The summed E-state index contributed by atoms with van der Waals surface area (Å²) in [4.78, 5) is 14.0. The zero-order valence-corrected chi connectivity index (χ0v) is 11.5. The SMILES string of the molecule is COCCN1CCS(=O)C(c2ccc(F)cc2)C1=O. The number of methoxy groups -OCH3 is 1. The highest BCUT2D eigenvalue weighted by molar-refractivity contribution is 7.86. The number of nitrogens with zero attached hydrogens (tertiary/aromatic N) is 1. The standard InChI is InChI=1S/C13H16FNO3S/c1-18-8-6-15-7-9-19(17)12(13(15)16)10-2-4-11(14)5-3-10/h2-5,12H,6-9H2,1H3. The number of carbonyl (C=O) groups is 1. The minimum absolute atomic E-state index is 0.173. The number of ether oxygens (including phenoxy) is 1. The lowest BCUT2D eigenvalue weighted by Crippen LogP contribution is -2.46. The van der Waals surface area contributed by atoms with Crippen molar-refractivity contribution in [2.24, 2.45) is 0 Å². The normalized spacial score (nSPS) is 23.7. The van der Waals surface area contributed by atoms with Crippen LogP contribution in [0, 0.1) is 5.82 Å². The van der Waals surface area contributed by atoms with E-state index >= 15 is 0 Å². The van der Waals surface area contributed by atoms with Gasteiger partial charge >= 0.3 is 0 Å². The van der Waals surface area contributed by atoms with Gasteiger partial charge in [-0.15, -0.1) is 0 Å². The number of amides is 1. The highest BCUT2D eigenvalue weighted by Crippen LogP contribution is 2.26. The Labute approximate surface area is 114 Å². The lowest BCUT2D eigenvalue weighted by molar-refractivity contribution is -0.131. The lowest BCUT2D eigenvalue weighted by Gasteiger charge is -2.31. The topological polar surface area (TPSA) is 46.6 Å². The summed E-state index contributed by atoms with van der Waals surface area (Å²) in [5.74, 6) is -0.0976. The van der Waals surface area contributed by atoms with Crippen molar-refractivity contribution in [3.8, 4) is 0 Å². The zero-order valence-electron chi connectivity index (χ0n) is 10.7. The molecule has 1 aliphatic heterocycles. The number of rotatable bonds is 4. The summed E-state index contributed by atoms with van der Waals surface area (Å²) in [7, 11) is 0.327. The Morgan fingerprint density at radius 1 is 1.42 bits per heavy atom. The molecule has 6 heteroatoms. The fourth-order valence-electron chi connectivity index (χ4n) is 2.06. The molecular weight excluding hydrogens is 269 g/mol. The summed E-state index contributed by atoms with van der Waals surface area (Å²) in [6.07, 6.45) is 0. The van der Waals surface area contributed by atoms with Gasteiger partial charge in [0.2, 0.25) is 5.91 Å². The van der Waals surface area contributed by atoms with Crippen LogP contribution in [0.2, 0.25) is 0 Å². The molecule has 0 aliphatic carbocycles. The molecule has 2 rings (SSSR count). The van der Waals surface area contributed by atoms with Gasteiger partial charge in [0, 0.05) is 36.8 Å². The van der Waals surface area contributed by atoms with E-state index < -0.39 is 16.0 Å². The number of halogens is 1. The first-order valence-corrected chi connectivity index (χ1v) is 7.42. The number of benzene rings is 1. The van der Waals surface area contributed by atoms with E-state index in [0.29, 0.717) is 31.0 Å². The third kappa shape index (κ3) is 3.19. The molecular formula is C13H16FNO3S. The Morgan fingerprint density at radius 3 is 2.74 bits per heavy atom. The van der Waals surface area contributed by atoms with Crippen LogP contribution in [0.15, 0.2) is 24.3 Å². The quantitative estimate of drug-likeness (QED) is 0.832. The van der Waals surface area contributed by atoms with Gasteiger partial charge in [0.1, 0.15) is 11.1 Å². The summed E-state index contributed by atoms with van der Waals surface area (Å²) >= 11 is 0. The van der Waals surface area contributed by atoms with Crippen LogP contribution in [0.25, 0.3) is 0 Å². The van der Waals surface area contributed by atoms with E-state index in [9.17, 15) is 13.4 Å². The average molecular weight is 285 g/mol. The van der Waals surface area contributed by atoms with Crippen molar-refractivity contribution in [1.82, 2.24) is 4.90 Å². The molecule has 104 valence electrons. The van der Waals surface area contributed by atoms with Gasteiger partial charge in [0.05, 0.1) is 6.61 Å². The summed E-state index contributed by atoms with van der Waals surface area (Å²) in [6, 6.07) is 5.62. The minimum Gasteiger partial charge on any atom is -0.383 e. The first-order chi connectivity index (χ1) is 9.13. The smallest absolute Gasteiger partial charge is 0.242 e. The predicted molar refractivity (Wildman–Crippen MR) is 70.6 cm³/mol. The Balaban J connectivity index is 2.19. The first kappa shape index (κ1) is 14.1. The van der Waals surface area contributed by atoms with E-state index in [1.54, 1.807) is 12.0 Å². The van der Waals surface area contributed by atoms with Crippen LogP contribution in [0.1, 0.15) is 10.8 Å². The monoisotopic (exact) mass is 285 g/mol. The van der Waals surface area contributed by atoms with Crippen LogP contribution < -0.4 is 0 Å². The van der Waals surface area contributed by atoms with Crippen molar-refractivity contribution in [3.63, 3.8) is 0 Å². The van der Waals surface area contributed by atoms with Crippen molar-refractivity contribution in [1.29, 1.82) is 0 Å². The first-order valence-electron chi connectivity index (χ1n) is 6.04. The largest absolute Gasteiger partial charge is 0.383 e. The fourth-order valence-corrected chi connectivity index (χ4v) is 3.53. The number of hydrogen-bond acceptors (Lipinski definition) is 3. The highest BCUT2D eigenvalue weighted by Gasteiger charge is 2.35. The van der Waals surface area contributed by atoms with Crippen molar-refractivity contribution >= 4 is 16.7 Å². The molecule has 1 saturated heterocycles. The molecule has 0 saturated carbocycles.